The zero-order valence-corrected chi connectivity index (χ0v) is 16.1. The van der Waals surface area contributed by atoms with Crippen LogP contribution in [0.5, 0.6) is 11.5 Å². The smallest absolute Gasteiger partial charge is 0.191 e. The number of nitrogens with zero attached hydrogens (tertiary/aromatic N) is 1. The molecule has 2 aromatic rings. The van der Waals surface area contributed by atoms with Crippen LogP contribution in [0, 0.1) is 0 Å². The molecule has 2 rings (SSSR count). The van der Waals surface area contributed by atoms with E-state index < -0.39 is 0 Å². The second kappa shape index (κ2) is 10.3. The van der Waals surface area contributed by atoms with Gasteiger partial charge in [0.2, 0.25) is 0 Å². The van der Waals surface area contributed by atoms with Gasteiger partial charge in [-0.15, -0.1) is 0 Å². The van der Waals surface area contributed by atoms with E-state index in [0.717, 1.165) is 43.4 Å². The molecule has 0 aliphatic carbocycles. The summed E-state index contributed by atoms with van der Waals surface area (Å²) < 4.78 is 10.6. The third-order valence-electron chi connectivity index (χ3n) is 4.32. The highest BCUT2D eigenvalue weighted by molar-refractivity contribution is 5.79. The van der Waals surface area contributed by atoms with E-state index in [1.165, 1.54) is 16.7 Å². The number of nitrogens with one attached hydrogen (secondary N) is 2. The highest BCUT2D eigenvalue weighted by atomic mass is 16.5. The first-order valence-corrected chi connectivity index (χ1v) is 8.94. The molecule has 0 bridgehead atoms. The van der Waals surface area contributed by atoms with Crippen LogP contribution < -0.4 is 20.1 Å². The van der Waals surface area contributed by atoms with Crippen LogP contribution in [-0.2, 0) is 19.4 Å². The molecule has 26 heavy (non-hydrogen) atoms. The number of guanidine groups is 1. The van der Waals surface area contributed by atoms with Gasteiger partial charge in [-0.25, -0.2) is 0 Å². The van der Waals surface area contributed by atoms with E-state index in [-0.39, 0.29) is 0 Å². The molecule has 2 aromatic carbocycles. The van der Waals surface area contributed by atoms with Gasteiger partial charge < -0.3 is 20.1 Å². The molecule has 140 valence electrons. The molecule has 5 heteroatoms. The average molecular weight is 355 g/mol. The minimum Gasteiger partial charge on any atom is -0.493 e. The van der Waals surface area contributed by atoms with Crippen molar-refractivity contribution in [3.05, 3.63) is 59.2 Å². The summed E-state index contributed by atoms with van der Waals surface area (Å²) in [6.45, 7) is 3.72. The van der Waals surface area contributed by atoms with Gasteiger partial charge in [0.25, 0.3) is 0 Å². The van der Waals surface area contributed by atoms with E-state index in [4.69, 9.17) is 9.47 Å². The van der Waals surface area contributed by atoms with Crippen molar-refractivity contribution in [2.24, 2.45) is 4.99 Å². The fraction of sp³-hybridized carbons (Fsp3) is 0.381. The number of rotatable bonds is 8. The fourth-order valence-corrected chi connectivity index (χ4v) is 2.84. The number of hydrogen-bond acceptors (Lipinski definition) is 3. The minimum atomic E-state index is 0.747. The Hall–Kier alpha value is -2.69. The third kappa shape index (κ3) is 5.41. The Kier molecular flexibility index (Phi) is 7.80. The zero-order valence-electron chi connectivity index (χ0n) is 16.1. The number of benzene rings is 2. The molecule has 0 saturated carbocycles. The standard InChI is InChI=1S/C21H29N3O2/c1-5-17-8-6-7-9-18(17)15-24-21(22-2)23-13-12-16-10-11-19(25-3)20(14-16)26-4/h6-11,14H,5,12-13,15H2,1-4H3,(H2,22,23,24). The van der Waals surface area contributed by atoms with Gasteiger partial charge in [0.1, 0.15) is 0 Å². The van der Waals surface area contributed by atoms with Crippen LogP contribution in [0.4, 0.5) is 0 Å². The Bertz CT molecular complexity index is 729. The van der Waals surface area contributed by atoms with Gasteiger partial charge in [-0.1, -0.05) is 37.3 Å². The van der Waals surface area contributed by atoms with Crippen molar-refractivity contribution >= 4 is 5.96 Å². The van der Waals surface area contributed by atoms with Gasteiger partial charge in [0.05, 0.1) is 14.2 Å². The van der Waals surface area contributed by atoms with Gasteiger partial charge >= 0.3 is 0 Å². The summed E-state index contributed by atoms with van der Waals surface area (Å²) in [5.41, 5.74) is 3.85. The van der Waals surface area contributed by atoms with E-state index >= 15 is 0 Å². The van der Waals surface area contributed by atoms with Crippen LogP contribution in [0.2, 0.25) is 0 Å². The lowest BCUT2D eigenvalue weighted by Gasteiger charge is -2.14. The number of aliphatic imine (C=N–C) groups is 1. The summed E-state index contributed by atoms with van der Waals surface area (Å²) in [4.78, 5) is 4.30. The van der Waals surface area contributed by atoms with Crippen molar-refractivity contribution < 1.29 is 9.47 Å². The number of hydrogen-bond donors (Lipinski definition) is 2. The molecule has 0 atom stereocenters. The van der Waals surface area contributed by atoms with Crippen LogP contribution in [0.3, 0.4) is 0 Å². The summed E-state index contributed by atoms with van der Waals surface area (Å²) in [6.07, 6.45) is 1.90. The van der Waals surface area contributed by atoms with Crippen molar-refractivity contribution in [2.75, 3.05) is 27.8 Å². The quantitative estimate of drug-likeness (QED) is 0.564. The highest BCUT2D eigenvalue weighted by Gasteiger charge is 2.05. The molecule has 0 aliphatic rings. The molecule has 0 fully saturated rings. The van der Waals surface area contributed by atoms with E-state index in [1.807, 2.05) is 12.1 Å². The lowest BCUT2D eigenvalue weighted by Crippen LogP contribution is -2.38. The predicted octanol–water partition coefficient (Wildman–Crippen LogP) is 3.17. The average Bonchev–Trinajstić information content (AvgIpc) is 2.70. The minimum absolute atomic E-state index is 0.747. The summed E-state index contributed by atoms with van der Waals surface area (Å²) in [5, 5.41) is 6.74. The molecular weight excluding hydrogens is 326 g/mol. The molecule has 0 saturated heterocycles. The normalized spacial score (nSPS) is 11.2. The molecule has 0 aliphatic heterocycles. The van der Waals surface area contributed by atoms with Crippen molar-refractivity contribution in [1.29, 1.82) is 0 Å². The summed E-state index contributed by atoms with van der Waals surface area (Å²) >= 11 is 0. The first-order chi connectivity index (χ1) is 12.7. The lowest BCUT2D eigenvalue weighted by molar-refractivity contribution is 0.354. The Labute approximate surface area is 156 Å². The Morgan fingerprint density at radius 1 is 0.962 bits per heavy atom. The molecule has 0 spiro atoms. The van der Waals surface area contributed by atoms with Crippen molar-refractivity contribution in [2.45, 2.75) is 26.3 Å². The maximum atomic E-state index is 5.35. The van der Waals surface area contributed by atoms with Crippen LogP contribution >= 0.6 is 0 Å². The maximum absolute atomic E-state index is 5.35. The molecule has 0 radical (unpaired) electrons. The number of aryl methyl sites for hydroxylation is 1. The zero-order chi connectivity index (χ0) is 18.8. The van der Waals surface area contributed by atoms with Crippen molar-refractivity contribution in [3.8, 4) is 11.5 Å². The molecule has 2 N–H and O–H groups in total. The predicted molar refractivity (Wildman–Crippen MR) is 107 cm³/mol. The molecular formula is C21H29N3O2. The van der Waals surface area contributed by atoms with Crippen molar-refractivity contribution in [3.63, 3.8) is 0 Å². The Balaban J connectivity index is 1.85. The summed E-state index contributed by atoms with van der Waals surface area (Å²) in [7, 11) is 5.09. The SMILES string of the molecule is CCc1ccccc1CNC(=NC)NCCc1ccc(OC)c(OC)c1. The highest BCUT2D eigenvalue weighted by Crippen LogP contribution is 2.27. The lowest BCUT2D eigenvalue weighted by atomic mass is 10.1. The van der Waals surface area contributed by atoms with E-state index in [2.05, 4.69) is 52.9 Å². The first kappa shape index (κ1) is 19.6. The third-order valence-corrected chi connectivity index (χ3v) is 4.32. The maximum Gasteiger partial charge on any atom is 0.191 e. The topological polar surface area (TPSA) is 54.9 Å². The molecule has 0 aromatic heterocycles. The van der Waals surface area contributed by atoms with Crippen LogP contribution in [0.1, 0.15) is 23.6 Å². The largest absolute Gasteiger partial charge is 0.493 e. The van der Waals surface area contributed by atoms with Gasteiger partial charge in [0, 0.05) is 20.1 Å². The van der Waals surface area contributed by atoms with Gasteiger partial charge in [-0.3, -0.25) is 4.99 Å². The van der Waals surface area contributed by atoms with Crippen LogP contribution in [0.15, 0.2) is 47.5 Å². The second-order valence-electron chi connectivity index (χ2n) is 5.91. The molecule has 0 unspecified atom stereocenters. The van der Waals surface area contributed by atoms with Crippen LogP contribution in [0.25, 0.3) is 0 Å². The molecule has 5 nitrogen and oxygen atoms in total. The summed E-state index contributed by atoms with van der Waals surface area (Å²) in [6, 6.07) is 14.5. The van der Waals surface area contributed by atoms with Gasteiger partial charge in [-0.05, 0) is 41.7 Å². The van der Waals surface area contributed by atoms with Gasteiger partial charge in [0.15, 0.2) is 17.5 Å². The van der Waals surface area contributed by atoms with E-state index in [9.17, 15) is 0 Å². The molecule has 0 heterocycles. The fourth-order valence-electron chi connectivity index (χ4n) is 2.84. The van der Waals surface area contributed by atoms with E-state index in [0.29, 0.717) is 0 Å². The monoisotopic (exact) mass is 355 g/mol. The van der Waals surface area contributed by atoms with E-state index in [1.54, 1.807) is 21.3 Å². The Morgan fingerprint density at radius 2 is 1.69 bits per heavy atom. The van der Waals surface area contributed by atoms with Gasteiger partial charge in [-0.2, -0.15) is 0 Å². The Morgan fingerprint density at radius 3 is 2.35 bits per heavy atom. The van der Waals surface area contributed by atoms with Crippen molar-refractivity contribution in [1.82, 2.24) is 10.6 Å². The number of methoxy groups -OCH3 is 2. The first-order valence-electron chi connectivity index (χ1n) is 8.94. The van der Waals surface area contributed by atoms with Crippen LogP contribution in [-0.4, -0.2) is 33.8 Å². The summed E-state index contributed by atoms with van der Waals surface area (Å²) in [5.74, 6) is 2.30. The molecule has 0 amide bonds. The second-order valence-corrected chi connectivity index (χ2v) is 5.91. The number of ether oxygens (including phenoxy) is 2.